The molecule has 10 heteroatoms. The van der Waals surface area contributed by atoms with Crippen molar-refractivity contribution < 1.29 is 27.5 Å². The zero-order chi connectivity index (χ0) is 21.6. The lowest BCUT2D eigenvalue weighted by atomic mass is 10.0. The van der Waals surface area contributed by atoms with E-state index in [-0.39, 0.29) is 11.4 Å². The molecular weight excluding hydrogens is 386 g/mol. The van der Waals surface area contributed by atoms with Crippen molar-refractivity contribution in [1.29, 1.82) is 0 Å². The SMILES string of the molecule is CNC(=O)CNC(=O)COC(=O)[C@H](C)NS(=O)(=O)c1c(C)c(C)cc(C)c1C. The first kappa shape index (κ1) is 23.6. The van der Waals surface area contributed by atoms with Crippen molar-refractivity contribution in [2.24, 2.45) is 0 Å². The predicted molar refractivity (Wildman–Crippen MR) is 103 cm³/mol. The first-order valence-electron chi connectivity index (χ1n) is 8.64. The number of hydrogen-bond acceptors (Lipinski definition) is 6. The van der Waals surface area contributed by atoms with E-state index in [9.17, 15) is 22.8 Å². The Morgan fingerprint density at radius 1 is 1.04 bits per heavy atom. The van der Waals surface area contributed by atoms with Crippen molar-refractivity contribution in [2.75, 3.05) is 20.2 Å². The molecule has 0 heterocycles. The Bertz CT molecular complexity index is 854. The summed E-state index contributed by atoms with van der Waals surface area (Å²) in [6, 6.07) is 0.704. The maximum atomic E-state index is 12.8. The third kappa shape index (κ3) is 6.03. The van der Waals surface area contributed by atoms with Crippen LogP contribution in [0.5, 0.6) is 0 Å². The second-order valence-corrected chi connectivity index (χ2v) is 8.14. The zero-order valence-electron chi connectivity index (χ0n) is 16.9. The number of benzene rings is 1. The first-order chi connectivity index (χ1) is 12.9. The molecule has 0 saturated carbocycles. The van der Waals surface area contributed by atoms with Gasteiger partial charge in [-0.1, -0.05) is 6.07 Å². The van der Waals surface area contributed by atoms with Gasteiger partial charge in [-0.25, -0.2) is 8.42 Å². The van der Waals surface area contributed by atoms with Crippen LogP contribution in [0, 0.1) is 27.7 Å². The summed E-state index contributed by atoms with van der Waals surface area (Å²) in [6.07, 6.45) is 0. The van der Waals surface area contributed by atoms with E-state index >= 15 is 0 Å². The van der Waals surface area contributed by atoms with Gasteiger partial charge >= 0.3 is 5.97 Å². The topological polar surface area (TPSA) is 131 Å². The van der Waals surface area contributed by atoms with E-state index in [1.165, 1.54) is 14.0 Å². The minimum atomic E-state index is -3.98. The molecule has 28 heavy (non-hydrogen) atoms. The van der Waals surface area contributed by atoms with E-state index in [4.69, 9.17) is 4.74 Å². The summed E-state index contributed by atoms with van der Waals surface area (Å²) in [5.41, 5.74) is 2.85. The normalized spacial score (nSPS) is 12.2. The quantitative estimate of drug-likeness (QED) is 0.514. The molecule has 0 spiro atoms. The molecule has 0 aliphatic heterocycles. The zero-order valence-corrected chi connectivity index (χ0v) is 17.7. The number of rotatable bonds is 8. The predicted octanol–water partition coefficient (Wildman–Crippen LogP) is -0.00752. The molecule has 0 saturated heterocycles. The second kappa shape index (κ2) is 9.65. The van der Waals surface area contributed by atoms with Gasteiger partial charge in [-0.3, -0.25) is 14.4 Å². The van der Waals surface area contributed by atoms with Crippen molar-refractivity contribution in [1.82, 2.24) is 15.4 Å². The van der Waals surface area contributed by atoms with Gasteiger partial charge in [0.1, 0.15) is 6.04 Å². The summed E-state index contributed by atoms with van der Waals surface area (Å²) in [7, 11) is -2.56. The van der Waals surface area contributed by atoms with E-state index in [2.05, 4.69) is 15.4 Å². The van der Waals surface area contributed by atoms with Gasteiger partial charge in [-0.2, -0.15) is 4.72 Å². The van der Waals surface area contributed by atoms with E-state index in [1.54, 1.807) is 13.8 Å². The van der Waals surface area contributed by atoms with E-state index in [1.807, 2.05) is 19.9 Å². The van der Waals surface area contributed by atoms with Gasteiger partial charge in [0.05, 0.1) is 11.4 Å². The molecule has 2 amide bonds. The number of carbonyl (C=O) groups is 3. The van der Waals surface area contributed by atoms with Crippen LogP contribution in [0.25, 0.3) is 0 Å². The van der Waals surface area contributed by atoms with Crippen LogP contribution in [0.3, 0.4) is 0 Å². The molecule has 0 radical (unpaired) electrons. The van der Waals surface area contributed by atoms with Crippen LogP contribution >= 0.6 is 0 Å². The molecule has 1 rings (SSSR count). The third-order valence-electron chi connectivity index (χ3n) is 4.32. The Balaban J connectivity index is 2.79. The highest BCUT2D eigenvalue weighted by Gasteiger charge is 2.27. The van der Waals surface area contributed by atoms with Crippen LogP contribution in [0.1, 0.15) is 29.2 Å². The Morgan fingerprint density at radius 3 is 2.07 bits per heavy atom. The largest absolute Gasteiger partial charge is 0.454 e. The van der Waals surface area contributed by atoms with Crippen LogP contribution in [0.4, 0.5) is 0 Å². The van der Waals surface area contributed by atoms with Crippen LogP contribution in [-0.2, 0) is 29.1 Å². The lowest BCUT2D eigenvalue weighted by Gasteiger charge is -2.18. The summed E-state index contributed by atoms with van der Waals surface area (Å²) >= 11 is 0. The van der Waals surface area contributed by atoms with Gasteiger partial charge in [0.2, 0.25) is 15.9 Å². The van der Waals surface area contributed by atoms with Gasteiger partial charge in [0.25, 0.3) is 5.91 Å². The number of nitrogens with one attached hydrogen (secondary N) is 3. The molecule has 0 unspecified atom stereocenters. The number of esters is 1. The molecule has 1 atom stereocenters. The fourth-order valence-electron chi connectivity index (χ4n) is 2.50. The first-order valence-corrected chi connectivity index (χ1v) is 10.1. The molecule has 0 fully saturated rings. The van der Waals surface area contributed by atoms with Crippen molar-refractivity contribution >= 4 is 27.8 Å². The number of likely N-dealkylation sites (N-methyl/N-ethyl adjacent to an activating group) is 1. The lowest BCUT2D eigenvalue weighted by Crippen LogP contribution is -2.42. The molecule has 3 N–H and O–H groups in total. The minimum Gasteiger partial charge on any atom is -0.454 e. The number of aryl methyl sites for hydroxylation is 2. The van der Waals surface area contributed by atoms with Gasteiger partial charge < -0.3 is 15.4 Å². The highest BCUT2D eigenvalue weighted by molar-refractivity contribution is 7.89. The third-order valence-corrected chi connectivity index (χ3v) is 6.14. The van der Waals surface area contributed by atoms with Crippen LogP contribution < -0.4 is 15.4 Å². The van der Waals surface area contributed by atoms with Gasteiger partial charge in [0, 0.05) is 7.05 Å². The van der Waals surface area contributed by atoms with Gasteiger partial charge in [0.15, 0.2) is 6.61 Å². The average Bonchev–Trinajstić information content (AvgIpc) is 2.61. The van der Waals surface area contributed by atoms with Crippen LogP contribution in [-0.4, -0.2) is 52.4 Å². The Hall–Kier alpha value is -2.46. The number of carbonyl (C=O) groups excluding carboxylic acids is 3. The molecule has 0 aliphatic rings. The number of amides is 2. The van der Waals surface area contributed by atoms with E-state index in [0.717, 1.165) is 11.1 Å². The van der Waals surface area contributed by atoms with Crippen molar-refractivity contribution in [2.45, 2.75) is 45.6 Å². The molecule has 156 valence electrons. The van der Waals surface area contributed by atoms with Crippen LogP contribution in [0.2, 0.25) is 0 Å². The molecule has 0 aromatic heterocycles. The highest BCUT2D eigenvalue weighted by atomic mass is 32.2. The summed E-state index contributed by atoms with van der Waals surface area (Å²) in [4.78, 5) is 34.8. The van der Waals surface area contributed by atoms with E-state index < -0.39 is 40.5 Å². The summed E-state index contributed by atoms with van der Waals surface area (Å²) < 4.78 is 32.7. The summed E-state index contributed by atoms with van der Waals surface area (Å²) in [5.74, 6) is -1.98. The number of ether oxygens (including phenoxy) is 1. The van der Waals surface area contributed by atoms with Crippen molar-refractivity contribution in [3.63, 3.8) is 0 Å². The molecular formula is C18H27N3O6S. The molecule has 1 aromatic rings. The number of hydrogen-bond donors (Lipinski definition) is 3. The fraction of sp³-hybridized carbons (Fsp3) is 0.500. The summed E-state index contributed by atoms with van der Waals surface area (Å²) in [5, 5.41) is 4.59. The van der Waals surface area contributed by atoms with Crippen LogP contribution in [0.15, 0.2) is 11.0 Å². The standard InChI is InChI=1S/C18H27N3O6S/c1-10-7-11(2)13(4)17(12(10)3)28(25,26)21-14(5)18(24)27-9-16(23)20-8-15(22)19-6/h7,14,21H,8-9H2,1-6H3,(H,19,22)(H,20,23)/t14-/m0/s1. The lowest BCUT2D eigenvalue weighted by molar-refractivity contribution is -0.149. The average molecular weight is 413 g/mol. The molecule has 0 aliphatic carbocycles. The fourth-order valence-corrected chi connectivity index (χ4v) is 4.31. The highest BCUT2D eigenvalue weighted by Crippen LogP contribution is 2.26. The van der Waals surface area contributed by atoms with Crippen molar-refractivity contribution in [3.05, 3.63) is 28.3 Å². The molecule has 9 nitrogen and oxygen atoms in total. The van der Waals surface area contributed by atoms with E-state index in [0.29, 0.717) is 11.1 Å². The number of sulfonamides is 1. The maximum Gasteiger partial charge on any atom is 0.324 e. The Morgan fingerprint density at radius 2 is 1.57 bits per heavy atom. The van der Waals surface area contributed by atoms with Gasteiger partial charge in [-0.15, -0.1) is 0 Å². The minimum absolute atomic E-state index is 0.132. The maximum absolute atomic E-state index is 12.8. The monoisotopic (exact) mass is 413 g/mol. The smallest absolute Gasteiger partial charge is 0.324 e. The second-order valence-electron chi connectivity index (χ2n) is 6.49. The molecule has 0 bridgehead atoms. The Kier molecular flexibility index (Phi) is 8.13. The summed E-state index contributed by atoms with van der Waals surface area (Å²) in [6.45, 7) is 7.50. The Labute approximate surface area is 165 Å². The van der Waals surface area contributed by atoms with Crippen molar-refractivity contribution in [3.8, 4) is 0 Å². The molecule has 1 aromatic carbocycles. The van der Waals surface area contributed by atoms with Gasteiger partial charge in [-0.05, 0) is 56.9 Å².